The zero-order valence-electron chi connectivity index (χ0n) is 9.03. The Morgan fingerprint density at radius 2 is 1.94 bits per heavy atom. The number of aliphatic carboxylic acids is 1. The molecule has 0 aromatic heterocycles. The number of carbonyl (C=O) groups is 1. The molecule has 17 heavy (non-hydrogen) atoms. The summed E-state index contributed by atoms with van der Waals surface area (Å²) < 4.78 is 46.7. The molecule has 0 radical (unpaired) electrons. The van der Waals surface area contributed by atoms with Gasteiger partial charge in [-0.05, 0) is 6.42 Å². The highest BCUT2D eigenvalue weighted by molar-refractivity contribution is 8.06. The first kappa shape index (κ1) is 14.1. The number of carboxylic acids is 1. The van der Waals surface area contributed by atoms with Gasteiger partial charge in [0.1, 0.15) is 0 Å². The third-order valence-corrected chi connectivity index (χ3v) is 5.72. The summed E-state index contributed by atoms with van der Waals surface area (Å²) >= 11 is 0. The lowest BCUT2D eigenvalue weighted by molar-refractivity contribution is -0.140. The van der Waals surface area contributed by atoms with E-state index in [0.717, 1.165) is 6.26 Å². The summed E-state index contributed by atoms with van der Waals surface area (Å²) in [5.41, 5.74) is 0. The third-order valence-electron chi connectivity index (χ3n) is 2.10. The SMILES string of the molecule is CS(=O)(=O)CS(=O)(=O)NC1C=CC(C(=O)O)C1. The Balaban J connectivity index is 2.63. The van der Waals surface area contributed by atoms with Gasteiger partial charge in [-0.15, -0.1) is 0 Å². The molecule has 0 spiro atoms. The van der Waals surface area contributed by atoms with Gasteiger partial charge in [-0.2, -0.15) is 0 Å². The van der Waals surface area contributed by atoms with Gasteiger partial charge >= 0.3 is 5.97 Å². The highest BCUT2D eigenvalue weighted by Gasteiger charge is 2.28. The van der Waals surface area contributed by atoms with Crippen LogP contribution in [0.15, 0.2) is 12.2 Å². The summed E-state index contributed by atoms with van der Waals surface area (Å²) in [6.07, 6.45) is 3.71. The monoisotopic (exact) mass is 283 g/mol. The molecule has 0 aliphatic heterocycles. The zero-order valence-corrected chi connectivity index (χ0v) is 10.7. The van der Waals surface area contributed by atoms with Gasteiger partial charge < -0.3 is 5.11 Å². The van der Waals surface area contributed by atoms with Crippen molar-refractivity contribution in [1.29, 1.82) is 0 Å². The van der Waals surface area contributed by atoms with Crippen LogP contribution in [0.2, 0.25) is 0 Å². The first-order valence-corrected chi connectivity index (χ1v) is 8.39. The van der Waals surface area contributed by atoms with Crippen molar-refractivity contribution in [2.45, 2.75) is 12.5 Å². The van der Waals surface area contributed by atoms with Crippen LogP contribution in [0, 0.1) is 5.92 Å². The molecular weight excluding hydrogens is 270 g/mol. The maximum absolute atomic E-state index is 11.4. The van der Waals surface area contributed by atoms with Crippen molar-refractivity contribution in [3.8, 4) is 0 Å². The van der Waals surface area contributed by atoms with Gasteiger partial charge in [0.15, 0.2) is 14.9 Å². The van der Waals surface area contributed by atoms with Gasteiger partial charge in [0.05, 0.1) is 5.92 Å². The van der Waals surface area contributed by atoms with E-state index in [2.05, 4.69) is 4.72 Å². The molecule has 9 heteroatoms. The number of rotatable bonds is 5. The van der Waals surface area contributed by atoms with Crippen LogP contribution in [0.3, 0.4) is 0 Å². The van der Waals surface area contributed by atoms with Gasteiger partial charge in [-0.3, -0.25) is 4.79 Å². The minimum Gasteiger partial charge on any atom is -0.481 e. The van der Waals surface area contributed by atoms with Crippen LogP contribution in [0.1, 0.15) is 6.42 Å². The molecule has 2 unspecified atom stereocenters. The fourth-order valence-corrected chi connectivity index (χ4v) is 4.68. The molecule has 0 saturated heterocycles. The fourth-order valence-electron chi connectivity index (χ4n) is 1.52. The van der Waals surface area contributed by atoms with Gasteiger partial charge in [0.2, 0.25) is 10.0 Å². The van der Waals surface area contributed by atoms with Crippen LogP contribution in [0.4, 0.5) is 0 Å². The van der Waals surface area contributed by atoms with Crippen LogP contribution in [-0.2, 0) is 24.7 Å². The second-order valence-corrected chi connectivity index (χ2v) is 8.21. The third kappa shape index (κ3) is 4.84. The van der Waals surface area contributed by atoms with Crippen LogP contribution < -0.4 is 4.72 Å². The molecule has 98 valence electrons. The second kappa shape index (κ2) is 4.75. The van der Waals surface area contributed by atoms with Crippen molar-refractivity contribution in [3.63, 3.8) is 0 Å². The summed E-state index contributed by atoms with van der Waals surface area (Å²) in [7, 11) is -7.60. The molecular formula is C8H13NO6S2. The first-order valence-electron chi connectivity index (χ1n) is 4.68. The number of nitrogens with one attached hydrogen (secondary N) is 1. The van der Waals surface area contributed by atoms with Crippen molar-refractivity contribution in [3.05, 3.63) is 12.2 Å². The summed E-state index contributed by atoms with van der Waals surface area (Å²) in [6, 6.07) is -0.664. The van der Waals surface area contributed by atoms with E-state index in [0.29, 0.717) is 0 Å². The van der Waals surface area contributed by atoms with Crippen LogP contribution in [0.5, 0.6) is 0 Å². The van der Waals surface area contributed by atoms with E-state index in [9.17, 15) is 21.6 Å². The Kier molecular flexibility index (Phi) is 3.95. The standard InChI is InChI=1S/C8H13NO6S2/c1-16(12,13)5-17(14,15)9-7-3-2-6(4-7)8(10)11/h2-3,6-7,9H,4-5H2,1H3,(H,10,11). The smallest absolute Gasteiger partial charge is 0.310 e. The van der Waals surface area contributed by atoms with E-state index >= 15 is 0 Å². The van der Waals surface area contributed by atoms with E-state index in [-0.39, 0.29) is 6.42 Å². The number of hydrogen-bond acceptors (Lipinski definition) is 5. The Hall–Kier alpha value is -0.930. The van der Waals surface area contributed by atoms with Crippen molar-refractivity contribution >= 4 is 25.8 Å². The van der Waals surface area contributed by atoms with E-state index in [1.807, 2.05) is 0 Å². The van der Waals surface area contributed by atoms with Crippen LogP contribution >= 0.6 is 0 Å². The molecule has 0 fully saturated rings. The van der Waals surface area contributed by atoms with E-state index < -0.39 is 42.9 Å². The van der Waals surface area contributed by atoms with Crippen molar-refractivity contribution in [2.75, 3.05) is 11.3 Å². The Labute approximate surface area is 99.5 Å². The normalized spacial score (nSPS) is 25.0. The average Bonchev–Trinajstić information content (AvgIpc) is 2.46. The molecule has 0 saturated carbocycles. The van der Waals surface area contributed by atoms with E-state index in [1.54, 1.807) is 0 Å². The molecule has 0 bridgehead atoms. The number of sulfone groups is 1. The van der Waals surface area contributed by atoms with Crippen molar-refractivity contribution in [2.24, 2.45) is 5.92 Å². The summed E-state index contributed by atoms with van der Waals surface area (Å²) in [4.78, 5) is 10.6. The second-order valence-electron chi connectivity index (χ2n) is 3.95. The quantitative estimate of drug-likeness (QED) is 0.621. The lowest BCUT2D eigenvalue weighted by atomic mass is 10.1. The van der Waals surface area contributed by atoms with Gasteiger partial charge in [0, 0.05) is 12.3 Å². The van der Waals surface area contributed by atoms with E-state index in [1.165, 1.54) is 12.2 Å². The largest absolute Gasteiger partial charge is 0.481 e. The molecule has 1 aliphatic carbocycles. The molecule has 0 amide bonds. The molecule has 0 heterocycles. The summed E-state index contributed by atoms with van der Waals surface area (Å²) in [6.45, 7) is 0. The minimum absolute atomic E-state index is 0.0956. The Morgan fingerprint density at radius 3 is 2.35 bits per heavy atom. The van der Waals surface area contributed by atoms with Gasteiger partial charge in [-0.25, -0.2) is 21.6 Å². The Morgan fingerprint density at radius 1 is 1.35 bits per heavy atom. The van der Waals surface area contributed by atoms with Crippen LogP contribution in [-0.4, -0.2) is 45.3 Å². The molecule has 7 nitrogen and oxygen atoms in total. The number of hydrogen-bond donors (Lipinski definition) is 2. The number of sulfonamides is 1. The first-order chi connectivity index (χ1) is 7.59. The highest BCUT2D eigenvalue weighted by atomic mass is 32.3. The molecule has 0 aromatic carbocycles. The van der Waals surface area contributed by atoms with Gasteiger partial charge in [-0.1, -0.05) is 12.2 Å². The lowest BCUT2D eigenvalue weighted by Gasteiger charge is -2.11. The zero-order chi connectivity index (χ0) is 13.3. The van der Waals surface area contributed by atoms with Crippen LogP contribution in [0.25, 0.3) is 0 Å². The summed E-state index contributed by atoms with van der Waals surface area (Å²) in [5, 5.41) is 7.69. The predicted octanol–water partition coefficient (Wildman–Crippen LogP) is -1.06. The molecule has 1 rings (SSSR count). The Bertz CT molecular complexity index is 532. The predicted molar refractivity (Wildman–Crippen MR) is 60.4 cm³/mol. The maximum Gasteiger partial charge on any atom is 0.310 e. The van der Waals surface area contributed by atoms with E-state index in [4.69, 9.17) is 5.11 Å². The molecule has 2 N–H and O–H groups in total. The maximum atomic E-state index is 11.4. The van der Waals surface area contributed by atoms with Crippen molar-refractivity contribution in [1.82, 2.24) is 4.72 Å². The lowest BCUT2D eigenvalue weighted by Crippen LogP contribution is -2.36. The highest BCUT2D eigenvalue weighted by Crippen LogP contribution is 2.18. The molecule has 2 atom stereocenters. The molecule has 0 aromatic rings. The average molecular weight is 283 g/mol. The number of carboxylic acid groups (broad SMARTS) is 1. The topological polar surface area (TPSA) is 118 Å². The van der Waals surface area contributed by atoms with Gasteiger partial charge in [0.25, 0.3) is 0 Å². The minimum atomic E-state index is -3.95. The molecule has 1 aliphatic rings. The fraction of sp³-hybridized carbons (Fsp3) is 0.625. The van der Waals surface area contributed by atoms with Crippen molar-refractivity contribution < 1.29 is 26.7 Å². The summed E-state index contributed by atoms with van der Waals surface area (Å²) in [5.74, 6) is -1.77.